The molecule has 0 radical (unpaired) electrons. The summed E-state index contributed by atoms with van der Waals surface area (Å²) in [5.74, 6) is -1.33. The van der Waals surface area contributed by atoms with Crippen molar-refractivity contribution in [3.63, 3.8) is 0 Å². The van der Waals surface area contributed by atoms with Crippen LogP contribution in [0.5, 0.6) is 0 Å². The molecular weight excluding hydrogens is 182 g/mol. The molecule has 1 aromatic carbocycles. The number of rotatable bonds is 2. The lowest BCUT2D eigenvalue weighted by Gasteiger charge is -2.11. The molecule has 1 aromatic rings. The van der Waals surface area contributed by atoms with Crippen molar-refractivity contribution in [3.8, 4) is 0 Å². The van der Waals surface area contributed by atoms with E-state index in [1.807, 2.05) is 0 Å². The van der Waals surface area contributed by atoms with Gasteiger partial charge in [-0.15, -0.1) is 0 Å². The second-order valence-electron chi connectivity index (χ2n) is 2.69. The normalized spacial score (nSPS) is 9.21. The maximum absolute atomic E-state index is 11.5. The van der Waals surface area contributed by atoms with Gasteiger partial charge in [-0.05, 0) is 12.1 Å². The Morgan fingerprint density at radius 2 is 1.79 bits per heavy atom. The molecule has 14 heavy (non-hydrogen) atoms. The van der Waals surface area contributed by atoms with Crippen LogP contribution in [-0.2, 0) is 9.59 Å². The number of imide groups is 1. The predicted molar refractivity (Wildman–Crippen MR) is 49.6 cm³/mol. The summed E-state index contributed by atoms with van der Waals surface area (Å²) in [6.45, 7) is 0. The molecule has 72 valence electrons. The summed E-state index contributed by atoms with van der Waals surface area (Å²) in [5, 5.41) is 0. The number of aldehydes is 1. The fourth-order valence-corrected chi connectivity index (χ4v) is 0.954. The van der Waals surface area contributed by atoms with Gasteiger partial charge in [-0.1, -0.05) is 18.2 Å². The van der Waals surface area contributed by atoms with Crippen LogP contribution in [0.2, 0.25) is 0 Å². The Balaban J connectivity index is 2.86. The van der Waals surface area contributed by atoms with Crippen molar-refractivity contribution in [2.75, 3.05) is 7.05 Å². The fraction of sp³-hybridized carbons (Fsp3) is 0.100. The van der Waals surface area contributed by atoms with Crippen LogP contribution in [0, 0.1) is 0 Å². The van der Waals surface area contributed by atoms with E-state index < -0.39 is 11.8 Å². The molecule has 0 N–H and O–H groups in total. The van der Waals surface area contributed by atoms with Crippen molar-refractivity contribution < 1.29 is 14.4 Å². The van der Waals surface area contributed by atoms with Gasteiger partial charge in [0.2, 0.25) is 6.29 Å². The van der Waals surface area contributed by atoms with E-state index in [9.17, 15) is 14.4 Å². The van der Waals surface area contributed by atoms with Crippen LogP contribution in [0.4, 0.5) is 0 Å². The van der Waals surface area contributed by atoms with Crippen molar-refractivity contribution in [1.82, 2.24) is 4.90 Å². The number of hydrogen-bond donors (Lipinski definition) is 0. The van der Waals surface area contributed by atoms with Crippen LogP contribution in [-0.4, -0.2) is 30.0 Å². The highest BCUT2D eigenvalue weighted by atomic mass is 16.2. The average molecular weight is 191 g/mol. The molecule has 0 unspecified atom stereocenters. The predicted octanol–water partition coefficient (Wildman–Crippen LogP) is 0.484. The SMILES string of the molecule is CN(C(=O)C=O)C(=O)c1ccccc1. The van der Waals surface area contributed by atoms with Gasteiger partial charge in [0.05, 0.1) is 0 Å². The maximum Gasteiger partial charge on any atom is 0.293 e. The number of nitrogens with zero attached hydrogens (tertiary/aromatic N) is 1. The largest absolute Gasteiger partial charge is 0.293 e. The van der Waals surface area contributed by atoms with E-state index in [-0.39, 0.29) is 6.29 Å². The zero-order valence-corrected chi connectivity index (χ0v) is 7.64. The molecule has 2 amide bonds. The lowest BCUT2D eigenvalue weighted by Crippen LogP contribution is -2.33. The highest BCUT2D eigenvalue weighted by molar-refractivity contribution is 6.28. The molecule has 0 saturated heterocycles. The lowest BCUT2D eigenvalue weighted by molar-refractivity contribution is -0.136. The van der Waals surface area contributed by atoms with Crippen LogP contribution in [0.3, 0.4) is 0 Å². The van der Waals surface area contributed by atoms with Crippen molar-refractivity contribution in [2.45, 2.75) is 0 Å². The summed E-state index contributed by atoms with van der Waals surface area (Å²) < 4.78 is 0. The Bertz CT molecular complexity index is 359. The number of hydrogen-bond acceptors (Lipinski definition) is 3. The first-order valence-corrected chi connectivity index (χ1v) is 3.99. The van der Waals surface area contributed by atoms with Gasteiger partial charge < -0.3 is 0 Å². The smallest absolute Gasteiger partial charge is 0.292 e. The second-order valence-corrected chi connectivity index (χ2v) is 2.69. The second kappa shape index (κ2) is 4.32. The van der Waals surface area contributed by atoms with Crippen LogP contribution >= 0.6 is 0 Å². The Labute approximate surface area is 81.1 Å². The molecule has 0 spiro atoms. The van der Waals surface area contributed by atoms with Gasteiger partial charge in [-0.25, -0.2) is 0 Å². The molecular formula is C10H9NO3. The van der Waals surface area contributed by atoms with E-state index in [1.54, 1.807) is 30.3 Å². The van der Waals surface area contributed by atoms with Gasteiger partial charge in [0.25, 0.3) is 11.8 Å². The summed E-state index contributed by atoms with van der Waals surface area (Å²) in [6.07, 6.45) is 0.112. The minimum absolute atomic E-state index is 0.112. The van der Waals surface area contributed by atoms with Crippen molar-refractivity contribution in [2.24, 2.45) is 0 Å². The van der Waals surface area contributed by atoms with E-state index in [0.29, 0.717) is 5.56 Å². The van der Waals surface area contributed by atoms with Crippen molar-refractivity contribution in [3.05, 3.63) is 35.9 Å². The van der Waals surface area contributed by atoms with E-state index in [0.717, 1.165) is 4.90 Å². The number of benzene rings is 1. The highest BCUT2D eigenvalue weighted by Gasteiger charge is 2.16. The number of carbonyl (C=O) groups is 3. The molecule has 0 saturated carbocycles. The van der Waals surface area contributed by atoms with Crippen molar-refractivity contribution >= 4 is 18.1 Å². The average Bonchev–Trinajstić information content (AvgIpc) is 2.27. The molecule has 0 bridgehead atoms. The monoisotopic (exact) mass is 191 g/mol. The van der Waals surface area contributed by atoms with Gasteiger partial charge in [-0.2, -0.15) is 0 Å². The zero-order chi connectivity index (χ0) is 10.6. The van der Waals surface area contributed by atoms with Gasteiger partial charge >= 0.3 is 0 Å². The third kappa shape index (κ3) is 2.04. The molecule has 0 aliphatic heterocycles. The molecule has 4 heteroatoms. The molecule has 0 fully saturated rings. The minimum Gasteiger partial charge on any atom is -0.292 e. The minimum atomic E-state index is -0.848. The van der Waals surface area contributed by atoms with Crippen LogP contribution in [0.25, 0.3) is 0 Å². The van der Waals surface area contributed by atoms with E-state index >= 15 is 0 Å². The van der Waals surface area contributed by atoms with Gasteiger partial charge in [0, 0.05) is 12.6 Å². The number of amides is 2. The summed E-state index contributed by atoms with van der Waals surface area (Å²) >= 11 is 0. The molecule has 0 aliphatic carbocycles. The molecule has 1 rings (SSSR count). The quantitative estimate of drug-likeness (QED) is 0.504. The molecule has 0 aliphatic rings. The summed E-state index contributed by atoms with van der Waals surface area (Å²) in [5.41, 5.74) is 0.380. The Morgan fingerprint density at radius 3 is 2.29 bits per heavy atom. The standard InChI is InChI=1S/C10H9NO3/c1-11(9(13)7-12)10(14)8-5-3-2-4-6-8/h2-7H,1H3. The molecule has 0 aromatic heterocycles. The Hall–Kier alpha value is -1.97. The highest BCUT2D eigenvalue weighted by Crippen LogP contribution is 2.02. The maximum atomic E-state index is 11.5. The fourth-order valence-electron chi connectivity index (χ4n) is 0.954. The zero-order valence-electron chi connectivity index (χ0n) is 7.64. The number of carbonyl (C=O) groups excluding carboxylic acids is 3. The Kier molecular flexibility index (Phi) is 3.12. The summed E-state index contributed by atoms with van der Waals surface area (Å²) in [4.78, 5) is 33.3. The molecule has 0 heterocycles. The van der Waals surface area contributed by atoms with Gasteiger partial charge in [-0.3, -0.25) is 19.3 Å². The summed E-state index contributed by atoms with van der Waals surface area (Å²) in [6, 6.07) is 8.30. The topological polar surface area (TPSA) is 54.5 Å². The third-order valence-electron chi connectivity index (χ3n) is 1.76. The summed E-state index contributed by atoms with van der Waals surface area (Å²) in [7, 11) is 1.27. The molecule has 4 nitrogen and oxygen atoms in total. The van der Waals surface area contributed by atoms with Gasteiger partial charge in [0.1, 0.15) is 0 Å². The van der Waals surface area contributed by atoms with Crippen LogP contribution in [0.15, 0.2) is 30.3 Å². The first kappa shape index (κ1) is 10.1. The van der Waals surface area contributed by atoms with Crippen LogP contribution in [0.1, 0.15) is 10.4 Å². The number of likely N-dealkylation sites (N-methyl/N-ethyl adjacent to an activating group) is 1. The van der Waals surface area contributed by atoms with E-state index in [1.165, 1.54) is 7.05 Å². The third-order valence-corrected chi connectivity index (χ3v) is 1.76. The van der Waals surface area contributed by atoms with Gasteiger partial charge in [0.15, 0.2) is 0 Å². The Morgan fingerprint density at radius 1 is 1.21 bits per heavy atom. The first-order valence-electron chi connectivity index (χ1n) is 3.99. The van der Waals surface area contributed by atoms with Crippen molar-refractivity contribution in [1.29, 1.82) is 0 Å². The van der Waals surface area contributed by atoms with E-state index in [4.69, 9.17) is 0 Å². The van der Waals surface area contributed by atoms with E-state index in [2.05, 4.69) is 0 Å². The lowest BCUT2D eigenvalue weighted by atomic mass is 10.2. The molecule has 0 atom stereocenters. The first-order chi connectivity index (χ1) is 6.66. The van der Waals surface area contributed by atoms with Crippen LogP contribution < -0.4 is 0 Å².